The Morgan fingerprint density at radius 2 is 2.22 bits per heavy atom. The van der Waals surface area contributed by atoms with Crippen molar-refractivity contribution < 1.29 is 9.90 Å². The van der Waals surface area contributed by atoms with Crippen molar-refractivity contribution in [2.45, 2.75) is 32.3 Å². The Balaban J connectivity index is 0.00000289. The largest absolute Gasteiger partial charge is 0.389 e. The minimum Gasteiger partial charge on any atom is -0.389 e. The third kappa shape index (κ3) is 6.54. The molecule has 4 N–H and O–H groups in total. The molecule has 1 amide bonds. The summed E-state index contributed by atoms with van der Waals surface area (Å²) in [4.78, 5) is 14.0. The van der Waals surface area contributed by atoms with E-state index < -0.39 is 5.60 Å². The van der Waals surface area contributed by atoms with Gasteiger partial charge in [-0.15, -0.1) is 12.4 Å². The minimum atomic E-state index is -0.699. The zero-order valence-corrected chi connectivity index (χ0v) is 12.1. The summed E-state index contributed by atoms with van der Waals surface area (Å²) in [5, 5.41) is 12.6. The molecule has 0 aliphatic carbocycles. The fourth-order valence-electron chi connectivity index (χ4n) is 2.30. The Hall–Kier alpha value is -0.360. The van der Waals surface area contributed by atoms with Crippen LogP contribution < -0.4 is 11.1 Å². The zero-order chi connectivity index (χ0) is 12.9. The van der Waals surface area contributed by atoms with Gasteiger partial charge in [-0.1, -0.05) is 0 Å². The summed E-state index contributed by atoms with van der Waals surface area (Å²) in [6.45, 7) is 6.93. The number of hydrogen-bond acceptors (Lipinski definition) is 4. The van der Waals surface area contributed by atoms with E-state index >= 15 is 0 Å². The smallest absolute Gasteiger partial charge is 0.224 e. The number of amides is 1. The molecule has 0 bridgehead atoms. The number of hydrogen-bond donors (Lipinski definition) is 3. The molecule has 18 heavy (non-hydrogen) atoms. The molecule has 1 unspecified atom stereocenters. The second kappa shape index (κ2) is 7.94. The first-order valence-electron chi connectivity index (χ1n) is 6.35. The number of nitrogens with zero attached hydrogens (tertiary/aromatic N) is 1. The summed E-state index contributed by atoms with van der Waals surface area (Å²) in [6, 6.07) is 0. The SMILES string of the molecule is CC(C)(O)CN1CCCC(C(=O)NCCN)C1.Cl. The Kier molecular flexibility index (Phi) is 7.78. The molecule has 0 saturated carbocycles. The number of rotatable bonds is 5. The van der Waals surface area contributed by atoms with Crippen molar-refractivity contribution >= 4 is 18.3 Å². The molecular formula is C12H26ClN3O2. The third-order valence-corrected chi connectivity index (χ3v) is 2.93. The first-order chi connectivity index (χ1) is 7.92. The van der Waals surface area contributed by atoms with Crippen LogP contribution in [0.25, 0.3) is 0 Å². The fourth-order valence-corrected chi connectivity index (χ4v) is 2.30. The van der Waals surface area contributed by atoms with Gasteiger partial charge in [0.05, 0.1) is 11.5 Å². The van der Waals surface area contributed by atoms with Crippen LogP contribution in [0.3, 0.4) is 0 Å². The van der Waals surface area contributed by atoms with Crippen molar-refractivity contribution in [2.75, 3.05) is 32.7 Å². The number of likely N-dealkylation sites (tertiary alicyclic amines) is 1. The number of aliphatic hydroxyl groups is 1. The van der Waals surface area contributed by atoms with Gasteiger partial charge in [-0.05, 0) is 33.2 Å². The van der Waals surface area contributed by atoms with Crippen molar-refractivity contribution in [2.24, 2.45) is 11.7 Å². The van der Waals surface area contributed by atoms with E-state index in [1.807, 2.05) is 0 Å². The van der Waals surface area contributed by atoms with Crippen molar-refractivity contribution in [3.05, 3.63) is 0 Å². The number of β-amino-alcohol motifs (C(OH)–C–C–N with tert-alkyl or cyclic N) is 1. The molecule has 5 nitrogen and oxygen atoms in total. The van der Waals surface area contributed by atoms with E-state index in [9.17, 15) is 9.90 Å². The van der Waals surface area contributed by atoms with Gasteiger partial charge in [0.15, 0.2) is 0 Å². The molecule has 0 aromatic heterocycles. The number of halogens is 1. The fraction of sp³-hybridized carbons (Fsp3) is 0.917. The lowest BCUT2D eigenvalue weighted by Gasteiger charge is -2.35. The van der Waals surface area contributed by atoms with Crippen LogP contribution in [0, 0.1) is 5.92 Å². The van der Waals surface area contributed by atoms with Crippen LogP contribution in [0.15, 0.2) is 0 Å². The number of nitrogens with two attached hydrogens (primary N) is 1. The van der Waals surface area contributed by atoms with Crippen LogP contribution in [0.4, 0.5) is 0 Å². The molecule has 1 aliphatic rings. The van der Waals surface area contributed by atoms with Crippen LogP contribution in [0.5, 0.6) is 0 Å². The molecule has 1 fully saturated rings. The van der Waals surface area contributed by atoms with Gasteiger partial charge in [0.2, 0.25) is 5.91 Å². The molecule has 1 rings (SSSR count). The predicted molar refractivity (Wildman–Crippen MR) is 74.8 cm³/mol. The summed E-state index contributed by atoms with van der Waals surface area (Å²) in [5.74, 6) is 0.133. The van der Waals surface area contributed by atoms with Gasteiger partial charge in [-0.3, -0.25) is 9.69 Å². The highest BCUT2D eigenvalue weighted by atomic mass is 35.5. The van der Waals surface area contributed by atoms with Crippen LogP contribution in [0.2, 0.25) is 0 Å². The van der Waals surface area contributed by atoms with E-state index in [4.69, 9.17) is 5.73 Å². The van der Waals surface area contributed by atoms with Crippen molar-refractivity contribution in [3.8, 4) is 0 Å². The van der Waals surface area contributed by atoms with Crippen LogP contribution in [-0.4, -0.2) is 54.2 Å². The molecule has 1 heterocycles. The first-order valence-corrected chi connectivity index (χ1v) is 6.35. The minimum absolute atomic E-state index is 0. The Bertz CT molecular complexity index is 256. The van der Waals surface area contributed by atoms with E-state index in [1.165, 1.54) is 0 Å². The lowest BCUT2D eigenvalue weighted by molar-refractivity contribution is -0.127. The lowest BCUT2D eigenvalue weighted by Crippen LogP contribution is -2.48. The average molecular weight is 280 g/mol. The first kappa shape index (κ1) is 17.6. The molecule has 108 valence electrons. The summed E-state index contributed by atoms with van der Waals surface area (Å²) in [6.07, 6.45) is 1.94. The maximum atomic E-state index is 11.8. The normalized spacial score (nSPS) is 21.2. The van der Waals surface area contributed by atoms with Crippen LogP contribution in [0.1, 0.15) is 26.7 Å². The lowest BCUT2D eigenvalue weighted by atomic mass is 9.96. The second-order valence-corrected chi connectivity index (χ2v) is 5.47. The van der Waals surface area contributed by atoms with Crippen LogP contribution >= 0.6 is 12.4 Å². The Labute approximate surface area is 116 Å². The van der Waals surface area contributed by atoms with E-state index in [0.717, 1.165) is 25.9 Å². The topological polar surface area (TPSA) is 78.6 Å². The quantitative estimate of drug-likeness (QED) is 0.660. The third-order valence-electron chi connectivity index (χ3n) is 2.93. The Morgan fingerprint density at radius 1 is 1.56 bits per heavy atom. The summed E-state index contributed by atoms with van der Waals surface area (Å²) in [7, 11) is 0. The molecule has 0 aromatic carbocycles. The number of nitrogens with one attached hydrogen (secondary N) is 1. The van der Waals surface area contributed by atoms with E-state index in [1.54, 1.807) is 13.8 Å². The summed E-state index contributed by atoms with van der Waals surface area (Å²) in [5.41, 5.74) is 4.66. The predicted octanol–water partition coefficient (Wildman–Crippen LogP) is -0.0340. The monoisotopic (exact) mass is 279 g/mol. The highest BCUT2D eigenvalue weighted by Crippen LogP contribution is 2.18. The van der Waals surface area contributed by atoms with Crippen molar-refractivity contribution in [1.82, 2.24) is 10.2 Å². The van der Waals surface area contributed by atoms with Gasteiger partial charge >= 0.3 is 0 Å². The zero-order valence-electron chi connectivity index (χ0n) is 11.3. The molecule has 6 heteroatoms. The average Bonchev–Trinajstić information content (AvgIpc) is 2.24. The van der Waals surface area contributed by atoms with Crippen LogP contribution in [-0.2, 0) is 4.79 Å². The Morgan fingerprint density at radius 3 is 2.78 bits per heavy atom. The standard InChI is InChI=1S/C12H25N3O2.ClH/c1-12(2,17)9-15-7-3-4-10(8-15)11(16)14-6-5-13;/h10,17H,3-9,13H2,1-2H3,(H,14,16);1H. The van der Waals surface area contributed by atoms with Crippen molar-refractivity contribution in [1.29, 1.82) is 0 Å². The van der Waals surface area contributed by atoms with Gasteiger partial charge in [0.25, 0.3) is 0 Å². The molecule has 0 radical (unpaired) electrons. The molecule has 1 aliphatic heterocycles. The maximum Gasteiger partial charge on any atom is 0.224 e. The van der Waals surface area contributed by atoms with Gasteiger partial charge in [-0.25, -0.2) is 0 Å². The van der Waals surface area contributed by atoms with Crippen molar-refractivity contribution in [3.63, 3.8) is 0 Å². The molecule has 1 atom stereocenters. The van der Waals surface area contributed by atoms with Gasteiger partial charge < -0.3 is 16.2 Å². The summed E-state index contributed by atoms with van der Waals surface area (Å²) < 4.78 is 0. The highest BCUT2D eigenvalue weighted by molar-refractivity contribution is 5.85. The summed E-state index contributed by atoms with van der Waals surface area (Å²) >= 11 is 0. The van der Waals surface area contributed by atoms with Gasteiger partial charge in [0, 0.05) is 26.2 Å². The molecule has 1 saturated heterocycles. The maximum absolute atomic E-state index is 11.8. The second-order valence-electron chi connectivity index (χ2n) is 5.47. The number of carbonyl (C=O) groups is 1. The van der Waals surface area contributed by atoms with E-state index in [2.05, 4.69) is 10.2 Å². The van der Waals surface area contributed by atoms with Gasteiger partial charge in [0.1, 0.15) is 0 Å². The van der Waals surface area contributed by atoms with E-state index in [-0.39, 0.29) is 24.2 Å². The molecular weight excluding hydrogens is 254 g/mol. The molecule has 0 aromatic rings. The number of carbonyl (C=O) groups excluding carboxylic acids is 1. The van der Waals surface area contributed by atoms with Gasteiger partial charge in [-0.2, -0.15) is 0 Å². The van der Waals surface area contributed by atoms with E-state index in [0.29, 0.717) is 19.6 Å². The molecule has 0 spiro atoms. The highest BCUT2D eigenvalue weighted by Gasteiger charge is 2.28. The number of piperidine rings is 1.